The molecule has 0 saturated carbocycles. The van der Waals surface area contributed by atoms with Crippen LogP contribution in [0.25, 0.3) is 11.1 Å². The second-order valence-electron chi connectivity index (χ2n) is 9.90. The summed E-state index contributed by atoms with van der Waals surface area (Å²) in [4.78, 5) is 45.2. The molecule has 0 aromatic heterocycles. The first-order valence-corrected chi connectivity index (χ1v) is 13.7. The van der Waals surface area contributed by atoms with Crippen LogP contribution in [-0.2, 0) is 19.8 Å². The minimum absolute atomic E-state index is 0.0266. The van der Waals surface area contributed by atoms with E-state index in [1.54, 1.807) is 0 Å². The van der Waals surface area contributed by atoms with Gasteiger partial charge >= 0.3 is 0 Å². The van der Waals surface area contributed by atoms with Crippen LogP contribution in [0.5, 0.6) is 0 Å². The molecule has 0 bridgehead atoms. The topological polar surface area (TPSA) is 60.9 Å². The number of carbonyl (C=O) groups excluding carboxylic acids is 3. The zero-order chi connectivity index (χ0) is 24.4. The molecule has 7 heteroatoms. The van der Waals surface area contributed by atoms with Crippen molar-refractivity contribution in [1.82, 2.24) is 14.7 Å². The number of amides is 3. The Hall–Kier alpha value is -2.64. The van der Waals surface area contributed by atoms with Crippen molar-refractivity contribution in [2.24, 2.45) is 0 Å². The first-order valence-electron chi connectivity index (χ1n) is 12.5. The van der Waals surface area contributed by atoms with E-state index in [1.165, 1.54) is 23.5 Å². The lowest BCUT2D eigenvalue weighted by Crippen LogP contribution is -2.50. The van der Waals surface area contributed by atoms with Gasteiger partial charge in [0.1, 0.15) is 0 Å². The van der Waals surface area contributed by atoms with E-state index in [9.17, 15) is 14.4 Å². The summed E-state index contributed by atoms with van der Waals surface area (Å²) in [6.45, 7) is 3.70. The van der Waals surface area contributed by atoms with Crippen LogP contribution in [0.4, 0.5) is 0 Å². The highest BCUT2D eigenvalue weighted by Gasteiger charge is 2.53. The van der Waals surface area contributed by atoms with E-state index in [2.05, 4.69) is 4.90 Å². The molecule has 3 aliphatic rings. The monoisotopic (exact) mass is 491 g/mol. The summed E-state index contributed by atoms with van der Waals surface area (Å²) in [6, 6.07) is 18.4. The van der Waals surface area contributed by atoms with Crippen molar-refractivity contribution in [2.75, 3.05) is 44.7 Å². The van der Waals surface area contributed by atoms with Gasteiger partial charge in [-0.2, -0.15) is 11.8 Å². The molecule has 1 unspecified atom stereocenters. The fourth-order valence-corrected chi connectivity index (χ4v) is 6.69. The number of nitrogens with zero attached hydrogens (tertiary/aromatic N) is 3. The number of carbonyl (C=O) groups is 3. The van der Waals surface area contributed by atoms with E-state index in [0.29, 0.717) is 19.1 Å². The van der Waals surface area contributed by atoms with Crippen LogP contribution in [0.3, 0.4) is 0 Å². The molecule has 6 nitrogen and oxygen atoms in total. The average Bonchev–Trinajstić information content (AvgIpc) is 3.13. The number of thioether (sulfide) groups is 1. The van der Waals surface area contributed by atoms with Crippen LogP contribution in [0.1, 0.15) is 31.2 Å². The quantitative estimate of drug-likeness (QED) is 0.600. The van der Waals surface area contributed by atoms with E-state index in [-0.39, 0.29) is 30.6 Å². The Kier molecular flexibility index (Phi) is 6.98. The van der Waals surface area contributed by atoms with Crippen LogP contribution >= 0.6 is 11.8 Å². The fourth-order valence-electron chi connectivity index (χ4n) is 5.76. The molecule has 3 saturated heterocycles. The van der Waals surface area contributed by atoms with Gasteiger partial charge in [0.05, 0.1) is 5.41 Å². The van der Waals surface area contributed by atoms with Crippen molar-refractivity contribution in [3.63, 3.8) is 0 Å². The summed E-state index contributed by atoms with van der Waals surface area (Å²) in [5.74, 6) is 1.85. The number of imide groups is 1. The Balaban J connectivity index is 1.33. The van der Waals surface area contributed by atoms with E-state index < -0.39 is 5.41 Å². The molecular formula is C28H33N3O3S. The van der Waals surface area contributed by atoms with Crippen molar-refractivity contribution in [3.8, 4) is 11.1 Å². The molecule has 0 radical (unpaired) electrons. The first kappa shape index (κ1) is 24.1. The van der Waals surface area contributed by atoms with Crippen LogP contribution < -0.4 is 0 Å². The summed E-state index contributed by atoms with van der Waals surface area (Å²) < 4.78 is 0. The van der Waals surface area contributed by atoms with Gasteiger partial charge in [-0.25, -0.2) is 0 Å². The first-order chi connectivity index (χ1) is 17.0. The average molecular weight is 492 g/mol. The molecule has 2 aromatic rings. The van der Waals surface area contributed by atoms with Gasteiger partial charge in [-0.3, -0.25) is 24.2 Å². The predicted molar refractivity (Wildman–Crippen MR) is 139 cm³/mol. The van der Waals surface area contributed by atoms with E-state index in [0.717, 1.165) is 42.6 Å². The normalized spacial score (nSPS) is 24.3. The van der Waals surface area contributed by atoms with Crippen molar-refractivity contribution in [2.45, 2.75) is 37.1 Å². The van der Waals surface area contributed by atoms with Gasteiger partial charge < -0.3 is 4.90 Å². The van der Waals surface area contributed by atoms with Gasteiger partial charge in [0.15, 0.2) is 0 Å². The van der Waals surface area contributed by atoms with Crippen molar-refractivity contribution in [3.05, 3.63) is 60.2 Å². The van der Waals surface area contributed by atoms with E-state index in [1.807, 2.05) is 71.3 Å². The second kappa shape index (κ2) is 10.2. The number of piperidine rings is 1. The second-order valence-corrected chi connectivity index (χ2v) is 11.1. The number of hydrogen-bond acceptors (Lipinski definition) is 5. The van der Waals surface area contributed by atoms with Gasteiger partial charge in [0, 0.05) is 63.6 Å². The third kappa shape index (κ3) is 4.76. The summed E-state index contributed by atoms with van der Waals surface area (Å²) in [5.41, 5.74) is 1.75. The van der Waals surface area contributed by atoms with Gasteiger partial charge in [-0.15, -0.1) is 0 Å². The lowest BCUT2D eigenvalue weighted by Gasteiger charge is -2.40. The summed E-state index contributed by atoms with van der Waals surface area (Å²) in [5, 5.41) is 0. The van der Waals surface area contributed by atoms with Crippen LogP contribution in [0.2, 0.25) is 0 Å². The molecule has 184 valence electrons. The van der Waals surface area contributed by atoms with Crippen LogP contribution in [0.15, 0.2) is 54.6 Å². The van der Waals surface area contributed by atoms with Gasteiger partial charge in [-0.1, -0.05) is 54.6 Å². The minimum Gasteiger partial charge on any atom is -0.343 e. The molecular weight excluding hydrogens is 458 g/mol. The lowest BCUT2D eigenvalue weighted by molar-refractivity contribution is -0.142. The molecule has 3 fully saturated rings. The molecule has 1 atom stereocenters. The molecule has 2 aromatic carbocycles. The van der Waals surface area contributed by atoms with Gasteiger partial charge in [0.25, 0.3) is 0 Å². The van der Waals surface area contributed by atoms with Crippen LogP contribution in [-0.4, -0.2) is 83.2 Å². The smallest absolute Gasteiger partial charge is 0.240 e. The fraction of sp³-hybridized carbons (Fsp3) is 0.464. The minimum atomic E-state index is -1.13. The molecule has 3 amide bonds. The SMILES string of the molecule is CN1C(=O)CC(CC(=O)N2CCC(N3CCSCC3)CC2)(c2ccc(-c3ccccc3)cc2)C1=O. The van der Waals surface area contributed by atoms with E-state index >= 15 is 0 Å². The molecule has 3 heterocycles. The Labute approximate surface area is 211 Å². The third-order valence-corrected chi connectivity index (χ3v) is 8.86. The number of likely N-dealkylation sites (tertiary alicyclic amines) is 2. The maximum absolute atomic E-state index is 13.5. The zero-order valence-electron chi connectivity index (χ0n) is 20.3. The number of rotatable bonds is 5. The van der Waals surface area contributed by atoms with E-state index in [4.69, 9.17) is 0 Å². The van der Waals surface area contributed by atoms with Crippen molar-refractivity contribution < 1.29 is 14.4 Å². The largest absolute Gasteiger partial charge is 0.343 e. The summed E-state index contributed by atoms with van der Waals surface area (Å²) >= 11 is 2.01. The van der Waals surface area contributed by atoms with Gasteiger partial charge in [0.2, 0.25) is 17.7 Å². The molecule has 3 aliphatic heterocycles. The highest BCUT2D eigenvalue weighted by atomic mass is 32.2. The lowest BCUT2D eigenvalue weighted by atomic mass is 9.75. The number of likely N-dealkylation sites (N-methyl/N-ethyl adjacent to an activating group) is 1. The highest BCUT2D eigenvalue weighted by molar-refractivity contribution is 7.99. The number of benzene rings is 2. The Bertz CT molecular complexity index is 1080. The summed E-state index contributed by atoms with van der Waals surface area (Å²) in [7, 11) is 1.53. The van der Waals surface area contributed by atoms with Gasteiger partial charge in [-0.05, 0) is 29.5 Å². The van der Waals surface area contributed by atoms with Crippen molar-refractivity contribution >= 4 is 29.5 Å². The Morgan fingerprint density at radius 2 is 1.54 bits per heavy atom. The summed E-state index contributed by atoms with van der Waals surface area (Å²) in [6.07, 6.45) is 2.03. The molecule has 35 heavy (non-hydrogen) atoms. The maximum Gasteiger partial charge on any atom is 0.240 e. The molecule has 0 aliphatic carbocycles. The molecule has 0 N–H and O–H groups in total. The maximum atomic E-state index is 13.5. The standard InChI is InChI=1S/C28H33N3O3S/c1-29-25(32)19-28(27(29)34,23-9-7-22(8-10-23)21-5-3-2-4-6-21)20-26(33)31-13-11-24(12-14-31)30-15-17-35-18-16-30/h2-10,24H,11-20H2,1H3. The predicted octanol–water partition coefficient (Wildman–Crippen LogP) is 3.41. The highest BCUT2D eigenvalue weighted by Crippen LogP contribution is 2.40. The molecule has 5 rings (SSSR count). The molecule has 0 spiro atoms. The Morgan fingerprint density at radius 1 is 0.914 bits per heavy atom. The van der Waals surface area contributed by atoms with Crippen molar-refractivity contribution in [1.29, 1.82) is 0 Å². The Morgan fingerprint density at radius 3 is 2.14 bits per heavy atom. The zero-order valence-corrected chi connectivity index (χ0v) is 21.1. The van der Waals surface area contributed by atoms with Crippen LogP contribution in [0, 0.1) is 0 Å². The number of hydrogen-bond donors (Lipinski definition) is 0. The third-order valence-electron chi connectivity index (χ3n) is 7.92.